The first kappa shape index (κ1) is 20.3. The van der Waals surface area contributed by atoms with Gasteiger partial charge in [-0.25, -0.2) is 0 Å². The van der Waals surface area contributed by atoms with Gasteiger partial charge in [-0.1, -0.05) is 61.9 Å². The maximum atomic E-state index is 13.2. The van der Waals surface area contributed by atoms with Gasteiger partial charge in [0, 0.05) is 0 Å². The molecule has 0 fully saturated rings. The van der Waals surface area contributed by atoms with Crippen molar-refractivity contribution in [2.24, 2.45) is 0 Å². The number of rotatable bonds is 9. The van der Waals surface area contributed by atoms with Crippen molar-refractivity contribution in [3.8, 4) is 0 Å². The van der Waals surface area contributed by atoms with Crippen molar-refractivity contribution in [1.29, 1.82) is 0 Å². The van der Waals surface area contributed by atoms with Gasteiger partial charge in [-0.15, -0.1) is 0 Å². The van der Waals surface area contributed by atoms with Crippen LogP contribution in [0.4, 0.5) is 0 Å². The van der Waals surface area contributed by atoms with Gasteiger partial charge in [0.2, 0.25) is 0 Å². The Labute approximate surface area is 172 Å². The summed E-state index contributed by atoms with van der Waals surface area (Å²) in [5, 5.41) is 7.57. The molecule has 0 atom stereocenters. The summed E-state index contributed by atoms with van der Waals surface area (Å²) in [6, 6.07) is 17.5. The van der Waals surface area contributed by atoms with Gasteiger partial charge in [-0.05, 0) is 70.1 Å². The van der Waals surface area contributed by atoms with Crippen LogP contribution >= 0.6 is 7.60 Å². The predicted octanol–water partition coefficient (Wildman–Crippen LogP) is 7.69. The van der Waals surface area contributed by atoms with Crippen LogP contribution in [0.5, 0.6) is 0 Å². The van der Waals surface area contributed by atoms with Crippen LogP contribution in [0, 0.1) is 0 Å². The molecule has 4 aromatic rings. The summed E-state index contributed by atoms with van der Waals surface area (Å²) in [7, 11) is -3.16. The topological polar surface area (TPSA) is 35.5 Å². The van der Waals surface area contributed by atoms with E-state index in [9.17, 15) is 4.57 Å². The summed E-state index contributed by atoms with van der Waals surface area (Å²) >= 11 is 0. The summed E-state index contributed by atoms with van der Waals surface area (Å²) in [4.78, 5) is 0. The van der Waals surface area contributed by atoms with Crippen molar-refractivity contribution in [2.75, 3.05) is 13.2 Å². The average Bonchev–Trinajstić information content (AvgIpc) is 2.72. The Morgan fingerprint density at radius 3 is 2.21 bits per heavy atom. The van der Waals surface area contributed by atoms with Crippen molar-refractivity contribution in [1.82, 2.24) is 0 Å². The van der Waals surface area contributed by atoms with Crippen LogP contribution in [-0.2, 0) is 26.2 Å². The molecular weight excluding hydrogens is 379 g/mol. The maximum Gasteiger partial charge on any atom is 0.335 e. The largest absolute Gasteiger partial charge is 0.335 e. The van der Waals surface area contributed by atoms with Gasteiger partial charge in [0.25, 0.3) is 0 Å². The van der Waals surface area contributed by atoms with Gasteiger partial charge < -0.3 is 9.05 Å². The van der Waals surface area contributed by atoms with Crippen LogP contribution in [0.15, 0.2) is 48.5 Å². The third kappa shape index (κ3) is 3.80. The predicted molar refractivity (Wildman–Crippen MR) is 123 cm³/mol. The second-order valence-electron chi connectivity index (χ2n) is 7.58. The first-order chi connectivity index (χ1) is 14.1. The minimum Gasteiger partial charge on any atom is -0.309 e. The molecule has 0 saturated heterocycles. The van der Waals surface area contributed by atoms with Gasteiger partial charge in [0.1, 0.15) is 0 Å². The van der Waals surface area contributed by atoms with Crippen LogP contribution in [0.2, 0.25) is 0 Å². The molecule has 0 aliphatic carbocycles. The molecular formula is C25H29O3P. The lowest BCUT2D eigenvalue weighted by atomic mass is 9.88. The lowest BCUT2D eigenvalue weighted by molar-refractivity contribution is 0.219. The smallest absolute Gasteiger partial charge is 0.309 e. The van der Waals surface area contributed by atoms with Gasteiger partial charge in [0.05, 0.1) is 19.4 Å². The monoisotopic (exact) mass is 408 g/mol. The summed E-state index contributed by atoms with van der Waals surface area (Å²) in [5.74, 6) is 0. The van der Waals surface area contributed by atoms with E-state index in [1.54, 1.807) is 0 Å². The van der Waals surface area contributed by atoms with E-state index in [1.165, 1.54) is 45.3 Å². The molecule has 29 heavy (non-hydrogen) atoms. The summed E-state index contributed by atoms with van der Waals surface area (Å²) < 4.78 is 24.3. The van der Waals surface area contributed by atoms with E-state index in [-0.39, 0.29) is 0 Å². The highest BCUT2D eigenvalue weighted by Crippen LogP contribution is 2.52. The van der Waals surface area contributed by atoms with Crippen LogP contribution in [0.1, 0.15) is 44.7 Å². The second-order valence-corrected chi connectivity index (χ2v) is 9.64. The Hall–Kier alpha value is -1.93. The van der Waals surface area contributed by atoms with Crippen molar-refractivity contribution >= 4 is 39.9 Å². The van der Waals surface area contributed by atoms with Crippen molar-refractivity contribution < 1.29 is 13.6 Å². The zero-order valence-electron chi connectivity index (χ0n) is 17.5. The Kier molecular flexibility index (Phi) is 5.92. The normalized spacial score (nSPS) is 12.5. The highest BCUT2D eigenvalue weighted by Gasteiger charge is 2.25. The second kappa shape index (κ2) is 8.44. The quantitative estimate of drug-likeness (QED) is 0.210. The molecule has 0 spiro atoms. The molecule has 4 rings (SSSR count). The standard InChI is InChI=1S/C25H29O3P/c1-4-7-9-19-16-20-12-13-21(17-29(26,27-5-2)28-6-3)23-15-14-18-10-8-11-22(19)24(18)25(20)23/h8,10-16H,4-7,9,17H2,1-3H3. The Morgan fingerprint density at radius 2 is 1.48 bits per heavy atom. The molecule has 0 amide bonds. The molecule has 152 valence electrons. The first-order valence-electron chi connectivity index (χ1n) is 10.7. The van der Waals surface area contributed by atoms with E-state index in [0.29, 0.717) is 19.4 Å². The SMILES string of the molecule is CCCCc1cc2ccc(CP(=O)(OCC)OCC)c3ccc4cccc1c4c23. The van der Waals surface area contributed by atoms with Crippen LogP contribution < -0.4 is 0 Å². The fraction of sp³-hybridized carbons (Fsp3) is 0.360. The molecule has 0 saturated carbocycles. The molecule has 0 aliphatic rings. The molecule has 0 radical (unpaired) electrons. The van der Waals surface area contributed by atoms with E-state index >= 15 is 0 Å². The van der Waals surface area contributed by atoms with Crippen molar-refractivity contribution in [2.45, 2.75) is 46.2 Å². The molecule has 4 heteroatoms. The zero-order chi connectivity index (χ0) is 20.4. The molecule has 0 bridgehead atoms. The lowest BCUT2D eigenvalue weighted by Crippen LogP contribution is -2.00. The zero-order valence-corrected chi connectivity index (χ0v) is 18.4. The average molecular weight is 408 g/mol. The molecule has 0 N–H and O–H groups in total. The Morgan fingerprint density at radius 1 is 0.793 bits per heavy atom. The molecule has 0 unspecified atom stereocenters. The van der Waals surface area contributed by atoms with Crippen molar-refractivity contribution in [3.63, 3.8) is 0 Å². The lowest BCUT2D eigenvalue weighted by Gasteiger charge is -2.20. The van der Waals surface area contributed by atoms with E-state index < -0.39 is 7.60 Å². The highest BCUT2D eigenvalue weighted by molar-refractivity contribution is 7.53. The third-order valence-electron chi connectivity index (χ3n) is 5.64. The van der Waals surface area contributed by atoms with Gasteiger partial charge in [0.15, 0.2) is 0 Å². The minimum atomic E-state index is -3.16. The molecule has 0 aliphatic heterocycles. The van der Waals surface area contributed by atoms with E-state index in [2.05, 4.69) is 55.5 Å². The van der Waals surface area contributed by atoms with Gasteiger partial charge in [-0.3, -0.25) is 4.57 Å². The first-order valence-corrected chi connectivity index (χ1v) is 12.4. The summed E-state index contributed by atoms with van der Waals surface area (Å²) in [6.07, 6.45) is 3.77. The van der Waals surface area contributed by atoms with E-state index in [4.69, 9.17) is 9.05 Å². The summed E-state index contributed by atoms with van der Waals surface area (Å²) in [5.41, 5.74) is 2.44. The number of aryl methyl sites for hydroxylation is 1. The number of benzene rings is 4. The van der Waals surface area contributed by atoms with E-state index in [0.717, 1.165) is 17.4 Å². The van der Waals surface area contributed by atoms with Crippen LogP contribution in [0.25, 0.3) is 32.3 Å². The molecule has 3 nitrogen and oxygen atoms in total. The Balaban J connectivity index is 1.93. The van der Waals surface area contributed by atoms with Crippen LogP contribution in [-0.4, -0.2) is 13.2 Å². The fourth-order valence-corrected chi connectivity index (χ4v) is 6.14. The van der Waals surface area contributed by atoms with E-state index in [1.807, 2.05) is 13.8 Å². The molecule has 0 aromatic heterocycles. The molecule has 0 heterocycles. The number of hydrogen-bond donors (Lipinski definition) is 0. The van der Waals surface area contributed by atoms with Gasteiger partial charge in [-0.2, -0.15) is 0 Å². The number of unbranched alkanes of at least 4 members (excludes halogenated alkanes) is 1. The highest BCUT2D eigenvalue weighted by atomic mass is 31.2. The minimum absolute atomic E-state index is 0.297. The Bertz CT molecular complexity index is 1170. The maximum absolute atomic E-state index is 13.2. The van der Waals surface area contributed by atoms with Crippen molar-refractivity contribution in [3.05, 3.63) is 59.7 Å². The fourth-order valence-electron chi connectivity index (χ4n) is 4.41. The summed E-state index contributed by atoms with van der Waals surface area (Å²) in [6.45, 7) is 6.70. The molecule has 4 aromatic carbocycles. The van der Waals surface area contributed by atoms with Gasteiger partial charge >= 0.3 is 7.60 Å². The third-order valence-corrected chi connectivity index (χ3v) is 7.67. The number of hydrogen-bond acceptors (Lipinski definition) is 3. The van der Waals surface area contributed by atoms with Crippen LogP contribution in [0.3, 0.4) is 0 Å².